The van der Waals surface area contributed by atoms with Gasteiger partial charge in [0.1, 0.15) is 0 Å². The van der Waals surface area contributed by atoms with E-state index >= 15 is 0 Å². The van der Waals surface area contributed by atoms with E-state index in [2.05, 4.69) is 11.4 Å². The van der Waals surface area contributed by atoms with Crippen LogP contribution in [0.5, 0.6) is 0 Å². The van der Waals surface area contributed by atoms with Gasteiger partial charge in [-0.25, -0.2) is 0 Å². The van der Waals surface area contributed by atoms with Crippen molar-refractivity contribution in [3.63, 3.8) is 0 Å². The maximum absolute atomic E-state index is 12.4. The Labute approximate surface area is 164 Å². The molecule has 0 unspecified atom stereocenters. The van der Waals surface area contributed by atoms with Crippen molar-refractivity contribution in [3.05, 3.63) is 60.2 Å². The molecule has 0 radical (unpaired) electrons. The quantitative estimate of drug-likeness (QED) is 0.525. The van der Waals surface area contributed by atoms with Gasteiger partial charge >= 0.3 is 0 Å². The van der Waals surface area contributed by atoms with Crippen LogP contribution in [0.4, 0.5) is 5.69 Å². The molecular weight excluding hydrogens is 358 g/mol. The van der Waals surface area contributed by atoms with E-state index in [0.29, 0.717) is 25.3 Å². The molecule has 2 aromatic carbocycles. The van der Waals surface area contributed by atoms with Crippen molar-refractivity contribution in [1.29, 1.82) is 5.26 Å². The average molecular weight is 382 g/mol. The number of nitriles is 1. The molecule has 0 aliphatic carbocycles. The van der Waals surface area contributed by atoms with E-state index in [1.807, 2.05) is 54.6 Å². The minimum Gasteiger partial charge on any atom is -0.338 e. The largest absolute Gasteiger partial charge is 0.338 e. The van der Waals surface area contributed by atoms with E-state index in [1.165, 1.54) is 6.92 Å². The lowest BCUT2D eigenvalue weighted by Gasteiger charge is -2.21. The molecule has 0 spiro atoms. The maximum atomic E-state index is 12.4. The molecule has 0 atom stereocenters. The summed E-state index contributed by atoms with van der Waals surface area (Å²) in [6.07, 6.45) is 0.684. The molecule has 1 N–H and O–H groups in total. The third-order valence-corrected chi connectivity index (χ3v) is 4.98. The van der Waals surface area contributed by atoms with E-state index in [0.717, 1.165) is 16.1 Å². The minimum atomic E-state index is -0.136. The molecule has 2 amide bonds. The van der Waals surface area contributed by atoms with Crippen LogP contribution in [0.25, 0.3) is 0 Å². The van der Waals surface area contributed by atoms with Gasteiger partial charge in [-0.2, -0.15) is 5.26 Å². The molecule has 0 fully saturated rings. The van der Waals surface area contributed by atoms with Crippen LogP contribution in [0.15, 0.2) is 59.5 Å². The summed E-state index contributed by atoms with van der Waals surface area (Å²) in [5.41, 5.74) is 1.77. The average Bonchev–Trinajstić information content (AvgIpc) is 2.67. The number of rotatable bonds is 9. The van der Waals surface area contributed by atoms with Crippen LogP contribution in [-0.2, 0) is 16.1 Å². The first-order valence-electron chi connectivity index (χ1n) is 8.78. The lowest BCUT2D eigenvalue weighted by Crippen LogP contribution is -2.31. The predicted molar refractivity (Wildman–Crippen MR) is 108 cm³/mol. The number of amides is 2. The van der Waals surface area contributed by atoms with Crippen molar-refractivity contribution in [1.82, 2.24) is 4.90 Å². The third-order valence-electron chi connectivity index (χ3n) is 3.90. The van der Waals surface area contributed by atoms with E-state index in [4.69, 9.17) is 5.26 Å². The molecule has 0 aromatic heterocycles. The lowest BCUT2D eigenvalue weighted by atomic mass is 10.2. The van der Waals surface area contributed by atoms with Crippen LogP contribution >= 0.6 is 11.8 Å². The van der Waals surface area contributed by atoms with Gasteiger partial charge in [0.15, 0.2) is 0 Å². The standard InChI is InChI=1S/C21H23N3O2S/c1-17(25)24(16-18-8-3-2-4-9-18)14-12-21(26)23-19-10-5-6-11-20(19)27-15-7-13-22/h2-6,8-11H,7,12,14-16H2,1H3,(H,23,26). The van der Waals surface area contributed by atoms with Crippen molar-refractivity contribution in [2.24, 2.45) is 0 Å². The van der Waals surface area contributed by atoms with E-state index < -0.39 is 0 Å². The topological polar surface area (TPSA) is 73.2 Å². The van der Waals surface area contributed by atoms with Crippen LogP contribution in [0.1, 0.15) is 25.3 Å². The molecule has 140 valence electrons. The molecule has 0 bridgehead atoms. The summed E-state index contributed by atoms with van der Waals surface area (Å²) in [5, 5.41) is 11.6. The zero-order chi connectivity index (χ0) is 19.5. The second kappa shape index (κ2) is 11.0. The summed E-state index contributed by atoms with van der Waals surface area (Å²) in [4.78, 5) is 26.9. The minimum absolute atomic E-state index is 0.0564. The third kappa shape index (κ3) is 7.16. The first-order valence-corrected chi connectivity index (χ1v) is 9.77. The Balaban J connectivity index is 1.91. The van der Waals surface area contributed by atoms with Gasteiger partial charge in [-0.1, -0.05) is 42.5 Å². The monoisotopic (exact) mass is 381 g/mol. The number of benzene rings is 2. The summed E-state index contributed by atoms with van der Waals surface area (Å²) in [7, 11) is 0. The molecule has 0 aliphatic rings. The van der Waals surface area contributed by atoms with Gasteiger partial charge in [0.05, 0.1) is 11.8 Å². The van der Waals surface area contributed by atoms with Crippen molar-refractivity contribution in [2.75, 3.05) is 17.6 Å². The molecular formula is C21H23N3O2S. The Hall–Kier alpha value is -2.78. The number of thioether (sulfide) groups is 1. The molecule has 0 heterocycles. The number of nitrogens with zero attached hydrogens (tertiary/aromatic N) is 2. The molecule has 5 nitrogen and oxygen atoms in total. The Kier molecular flexibility index (Phi) is 8.40. The summed E-state index contributed by atoms with van der Waals surface area (Å²) in [5.74, 6) is 0.486. The van der Waals surface area contributed by atoms with Crippen molar-refractivity contribution < 1.29 is 9.59 Å². The number of hydrogen-bond acceptors (Lipinski definition) is 4. The SMILES string of the molecule is CC(=O)N(CCC(=O)Nc1ccccc1SCCC#N)Cc1ccccc1. The highest BCUT2D eigenvalue weighted by Crippen LogP contribution is 2.27. The van der Waals surface area contributed by atoms with Crippen LogP contribution in [0, 0.1) is 11.3 Å². The Morgan fingerprint density at radius 3 is 2.52 bits per heavy atom. The summed E-state index contributed by atoms with van der Waals surface area (Å²) < 4.78 is 0. The van der Waals surface area contributed by atoms with Crippen LogP contribution in [-0.4, -0.2) is 29.0 Å². The molecule has 0 saturated carbocycles. The smallest absolute Gasteiger partial charge is 0.226 e. The van der Waals surface area contributed by atoms with Gasteiger partial charge in [0, 0.05) is 43.5 Å². The highest BCUT2D eigenvalue weighted by Gasteiger charge is 2.13. The fourth-order valence-electron chi connectivity index (χ4n) is 2.50. The van der Waals surface area contributed by atoms with Crippen molar-refractivity contribution >= 4 is 29.3 Å². The van der Waals surface area contributed by atoms with Crippen molar-refractivity contribution in [3.8, 4) is 6.07 Å². The molecule has 27 heavy (non-hydrogen) atoms. The van der Waals surface area contributed by atoms with Crippen LogP contribution < -0.4 is 5.32 Å². The molecule has 2 rings (SSSR count). The van der Waals surface area contributed by atoms with Crippen LogP contribution in [0.3, 0.4) is 0 Å². The van der Waals surface area contributed by atoms with Crippen molar-refractivity contribution in [2.45, 2.75) is 31.2 Å². The Morgan fingerprint density at radius 2 is 1.81 bits per heavy atom. The number of hydrogen-bond donors (Lipinski definition) is 1. The zero-order valence-corrected chi connectivity index (χ0v) is 16.2. The first-order chi connectivity index (χ1) is 13.1. The maximum Gasteiger partial charge on any atom is 0.226 e. The summed E-state index contributed by atoms with van der Waals surface area (Å²) in [6.45, 7) is 2.37. The van der Waals surface area contributed by atoms with Gasteiger partial charge in [0.25, 0.3) is 0 Å². The molecule has 2 aromatic rings. The fraction of sp³-hybridized carbons (Fsp3) is 0.286. The number of carbonyl (C=O) groups excluding carboxylic acids is 2. The normalized spacial score (nSPS) is 10.1. The number of nitrogens with one attached hydrogen (secondary N) is 1. The molecule has 6 heteroatoms. The van der Waals surface area contributed by atoms with Gasteiger partial charge in [0.2, 0.25) is 11.8 Å². The second-order valence-corrected chi connectivity index (χ2v) is 7.11. The van der Waals surface area contributed by atoms with E-state index in [1.54, 1.807) is 16.7 Å². The number of carbonyl (C=O) groups is 2. The van der Waals surface area contributed by atoms with E-state index in [-0.39, 0.29) is 18.2 Å². The van der Waals surface area contributed by atoms with Gasteiger partial charge in [-0.3, -0.25) is 9.59 Å². The highest BCUT2D eigenvalue weighted by atomic mass is 32.2. The summed E-state index contributed by atoms with van der Waals surface area (Å²) >= 11 is 1.54. The number of para-hydroxylation sites is 1. The number of anilines is 1. The Morgan fingerprint density at radius 1 is 1.11 bits per heavy atom. The molecule has 0 aliphatic heterocycles. The zero-order valence-electron chi connectivity index (χ0n) is 15.4. The van der Waals surface area contributed by atoms with Gasteiger partial charge in [-0.15, -0.1) is 11.8 Å². The highest BCUT2D eigenvalue weighted by molar-refractivity contribution is 7.99. The summed E-state index contributed by atoms with van der Waals surface area (Å²) in [6, 6.07) is 19.4. The first kappa shape index (κ1) is 20.5. The second-order valence-electron chi connectivity index (χ2n) is 5.98. The Bertz CT molecular complexity index is 803. The molecule has 0 saturated heterocycles. The lowest BCUT2D eigenvalue weighted by molar-refractivity contribution is -0.129. The van der Waals surface area contributed by atoms with Gasteiger partial charge in [-0.05, 0) is 17.7 Å². The van der Waals surface area contributed by atoms with E-state index in [9.17, 15) is 9.59 Å². The van der Waals surface area contributed by atoms with Gasteiger partial charge < -0.3 is 10.2 Å². The fourth-order valence-corrected chi connectivity index (χ4v) is 3.37. The van der Waals surface area contributed by atoms with Crippen LogP contribution in [0.2, 0.25) is 0 Å². The predicted octanol–water partition coefficient (Wildman–Crippen LogP) is 4.07.